The summed E-state index contributed by atoms with van der Waals surface area (Å²) in [5, 5.41) is 0. The Morgan fingerprint density at radius 1 is 1.50 bits per heavy atom. The van der Waals surface area contributed by atoms with Crippen molar-refractivity contribution in [2.45, 2.75) is 25.8 Å². The molecular formula is C8H12N2O2. The second-order valence-corrected chi connectivity index (χ2v) is 3.28. The molecule has 0 spiro atoms. The largest absolute Gasteiger partial charge is 0.327 e. The Labute approximate surface area is 71.1 Å². The van der Waals surface area contributed by atoms with E-state index < -0.39 is 0 Å². The summed E-state index contributed by atoms with van der Waals surface area (Å²) in [6, 6.07) is 0.0787. The van der Waals surface area contributed by atoms with E-state index in [9.17, 15) is 9.59 Å². The molecular weight excluding hydrogens is 156 g/mol. The van der Waals surface area contributed by atoms with Gasteiger partial charge in [-0.1, -0.05) is 0 Å². The molecule has 4 heteroatoms. The van der Waals surface area contributed by atoms with Crippen LogP contribution in [0.1, 0.15) is 19.8 Å². The molecule has 2 rings (SSSR count). The standard InChI is InChI=1S/C8H12N2O2/c1-2-9-5-6-3-4-7(11)10(6)8(9)12/h6H,2-5H2,1H3. The number of rotatable bonds is 1. The maximum Gasteiger partial charge on any atom is 0.327 e. The second-order valence-electron chi connectivity index (χ2n) is 3.28. The molecule has 0 aromatic heterocycles. The van der Waals surface area contributed by atoms with Crippen molar-refractivity contribution in [3.05, 3.63) is 0 Å². The average molecular weight is 168 g/mol. The van der Waals surface area contributed by atoms with E-state index in [0.29, 0.717) is 13.0 Å². The number of hydrogen-bond donors (Lipinski definition) is 0. The molecule has 1 unspecified atom stereocenters. The van der Waals surface area contributed by atoms with Crippen LogP contribution < -0.4 is 0 Å². The number of nitrogens with zero attached hydrogens (tertiary/aromatic N) is 2. The molecule has 0 aromatic rings. The van der Waals surface area contributed by atoms with Gasteiger partial charge in [-0.2, -0.15) is 0 Å². The summed E-state index contributed by atoms with van der Waals surface area (Å²) in [4.78, 5) is 25.8. The third-order valence-corrected chi connectivity index (χ3v) is 2.61. The highest BCUT2D eigenvalue weighted by atomic mass is 16.2. The Hall–Kier alpha value is -1.06. The maximum atomic E-state index is 11.5. The van der Waals surface area contributed by atoms with E-state index in [1.54, 1.807) is 4.90 Å². The molecule has 2 fully saturated rings. The van der Waals surface area contributed by atoms with Gasteiger partial charge in [0, 0.05) is 19.5 Å². The van der Waals surface area contributed by atoms with Crippen molar-refractivity contribution in [2.75, 3.05) is 13.1 Å². The highest BCUT2D eigenvalue weighted by molar-refractivity contribution is 5.98. The molecule has 2 saturated heterocycles. The van der Waals surface area contributed by atoms with Gasteiger partial charge in [0.2, 0.25) is 5.91 Å². The highest BCUT2D eigenvalue weighted by Gasteiger charge is 2.44. The fourth-order valence-corrected chi connectivity index (χ4v) is 1.93. The zero-order valence-electron chi connectivity index (χ0n) is 7.12. The van der Waals surface area contributed by atoms with Gasteiger partial charge >= 0.3 is 6.03 Å². The minimum atomic E-state index is -0.0926. The van der Waals surface area contributed by atoms with Crippen LogP contribution in [0, 0.1) is 0 Å². The van der Waals surface area contributed by atoms with E-state index in [2.05, 4.69) is 0 Å². The minimum absolute atomic E-state index is 0.000880. The van der Waals surface area contributed by atoms with Gasteiger partial charge in [0.15, 0.2) is 0 Å². The molecule has 0 bridgehead atoms. The zero-order valence-corrected chi connectivity index (χ0v) is 7.12. The van der Waals surface area contributed by atoms with Crippen LogP contribution in [0.4, 0.5) is 4.79 Å². The first-order chi connectivity index (χ1) is 5.74. The van der Waals surface area contributed by atoms with E-state index in [-0.39, 0.29) is 18.0 Å². The Bertz CT molecular complexity index is 239. The van der Waals surface area contributed by atoms with Gasteiger partial charge < -0.3 is 4.90 Å². The van der Waals surface area contributed by atoms with Crippen LogP contribution >= 0.6 is 0 Å². The fourth-order valence-electron chi connectivity index (χ4n) is 1.93. The quantitative estimate of drug-likeness (QED) is 0.569. The van der Waals surface area contributed by atoms with Crippen LogP contribution in [0.2, 0.25) is 0 Å². The third kappa shape index (κ3) is 0.838. The third-order valence-electron chi connectivity index (χ3n) is 2.61. The number of fused-ring (bicyclic) bond motifs is 1. The van der Waals surface area contributed by atoms with Crippen LogP contribution in [0.3, 0.4) is 0 Å². The summed E-state index contributed by atoms with van der Waals surface area (Å²) in [6.45, 7) is 3.38. The van der Waals surface area contributed by atoms with Crippen molar-refractivity contribution < 1.29 is 9.59 Å². The Morgan fingerprint density at radius 2 is 2.25 bits per heavy atom. The van der Waals surface area contributed by atoms with E-state index in [1.807, 2.05) is 6.92 Å². The van der Waals surface area contributed by atoms with Crippen molar-refractivity contribution in [3.8, 4) is 0 Å². The molecule has 66 valence electrons. The van der Waals surface area contributed by atoms with Crippen molar-refractivity contribution in [3.63, 3.8) is 0 Å². The first-order valence-corrected chi connectivity index (χ1v) is 4.35. The average Bonchev–Trinajstić information content (AvgIpc) is 2.55. The SMILES string of the molecule is CCN1CC2CCC(=O)N2C1=O. The summed E-state index contributed by atoms with van der Waals surface area (Å²) in [6.07, 6.45) is 1.40. The van der Waals surface area contributed by atoms with Gasteiger partial charge in [-0.15, -0.1) is 0 Å². The second kappa shape index (κ2) is 2.47. The minimum Gasteiger partial charge on any atom is -0.322 e. The first kappa shape index (κ1) is 7.58. The fraction of sp³-hybridized carbons (Fsp3) is 0.750. The molecule has 2 aliphatic heterocycles. The van der Waals surface area contributed by atoms with Gasteiger partial charge in [0.25, 0.3) is 0 Å². The molecule has 0 N–H and O–H groups in total. The molecule has 1 atom stereocenters. The monoisotopic (exact) mass is 168 g/mol. The number of likely N-dealkylation sites (N-methyl/N-ethyl adjacent to an activating group) is 1. The smallest absolute Gasteiger partial charge is 0.322 e. The number of hydrogen-bond acceptors (Lipinski definition) is 2. The number of imide groups is 1. The molecule has 0 saturated carbocycles. The lowest BCUT2D eigenvalue weighted by atomic mass is 10.2. The van der Waals surface area contributed by atoms with Gasteiger partial charge in [-0.3, -0.25) is 9.69 Å². The van der Waals surface area contributed by atoms with E-state index in [1.165, 1.54) is 4.90 Å². The number of carbonyl (C=O) groups excluding carboxylic acids is 2. The van der Waals surface area contributed by atoms with Crippen molar-refractivity contribution in [1.29, 1.82) is 0 Å². The molecule has 0 aliphatic carbocycles. The van der Waals surface area contributed by atoms with E-state index in [4.69, 9.17) is 0 Å². The Morgan fingerprint density at radius 3 is 2.83 bits per heavy atom. The predicted molar refractivity (Wildman–Crippen MR) is 42.5 cm³/mol. The Kier molecular flexibility index (Phi) is 1.56. The van der Waals surface area contributed by atoms with Crippen LogP contribution in [-0.2, 0) is 4.79 Å². The number of urea groups is 1. The lowest BCUT2D eigenvalue weighted by Crippen LogP contribution is -2.34. The van der Waals surface area contributed by atoms with E-state index in [0.717, 1.165) is 13.0 Å². The molecule has 3 amide bonds. The maximum absolute atomic E-state index is 11.5. The molecule has 0 aromatic carbocycles. The van der Waals surface area contributed by atoms with Crippen molar-refractivity contribution in [2.24, 2.45) is 0 Å². The highest BCUT2D eigenvalue weighted by Crippen LogP contribution is 2.26. The van der Waals surface area contributed by atoms with Crippen molar-refractivity contribution in [1.82, 2.24) is 9.80 Å². The lowest BCUT2D eigenvalue weighted by molar-refractivity contribution is -0.125. The van der Waals surface area contributed by atoms with Gasteiger partial charge in [-0.25, -0.2) is 4.79 Å². The predicted octanol–water partition coefficient (Wildman–Crippen LogP) is 0.433. The summed E-state index contributed by atoms with van der Waals surface area (Å²) in [5.74, 6) is 0.000880. The summed E-state index contributed by atoms with van der Waals surface area (Å²) >= 11 is 0. The van der Waals surface area contributed by atoms with Crippen molar-refractivity contribution >= 4 is 11.9 Å². The number of carbonyl (C=O) groups is 2. The van der Waals surface area contributed by atoms with Gasteiger partial charge in [0.1, 0.15) is 0 Å². The van der Waals surface area contributed by atoms with Crippen LogP contribution in [0.25, 0.3) is 0 Å². The topological polar surface area (TPSA) is 40.6 Å². The molecule has 2 aliphatic rings. The van der Waals surface area contributed by atoms with Crippen LogP contribution in [-0.4, -0.2) is 40.9 Å². The summed E-state index contributed by atoms with van der Waals surface area (Å²) < 4.78 is 0. The summed E-state index contributed by atoms with van der Waals surface area (Å²) in [7, 11) is 0. The molecule has 4 nitrogen and oxygen atoms in total. The first-order valence-electron chi connectivity index (χ1n) is 4.35. The van der Waals surface area contributed by atoms with Gasteiger partial charge in [-0.05, 0) is 13.3 Å². The zero-order chi connectivity index (χ0) is 8.72. The normalized spacial score (nSPS) is 28.6. The molecule has 2 heterocycles. The number of amides is 3. The molecule has 12 heavy (non-hydrogen) atoms. The van der Waals surface area contributed by atoms with Crippen LogP contribution in [0.15, 0.2) is 0 Å². The Balaban J connectivity index is 2.20. The summed E-state index contributed by atoms with van der Waals surface area (Å²) in [5.41, 5.74) is 0. The van der Waals surface area contributed by atoms with Gasteiger partial charge in [0.05, 0.1) is 6.04 Å². The lowest BCUT2D eigenvalue weighted by Gasteiger charge is -2.13. The van der Waals surface area contributed by atoms with Crippen LogP contribution in [0.5, 0.6) is 0 Å². The van der Waals surface area contributed by atoms with E-state index >= 15 is 0 Å². The molecule has 0 radical (unpaired) electrons.